The molecule has 140 valence electrons. The van der Waals surface area contributed by atoms with Gasteiger partial charge < -0.3 is 15.4 Å². The molecule has 5 nitrogen and oxygen atoms in total. The summed E-state index contributed by atoms with van der Waals surface area (Å²) in [4.78, 5) is 9.38. The molecule has 0 amide bonds. The number of benzene rings is 3. The molecular formula is C23H22N4O. The Balaban J connectivity index is 1.62. The highest BCUT2D eigenvalue weighted by Crippen LogP contribution is 2.24. The second-order valence-corrected chi connectivity index (χ2v) is 6.61. The fraction of sp³-hybridized carbons (Fsp3) is 0.130. The number of hydrogen-bond donors (Lipinski definition) is 2. The first-order chi connectivity index (χ1) is 13.7. The number of anilines is 3. The molecule has 0 aliphatic rings. The SMILES string of the molecule is COc1ccc(CNc2nc(Nc3cccc(C)c3)nc3ccccc23)cc1. The van der Waals surface area contributed by atoms with Gasteiger partial charge in [-0.1, -0.05) is 36.4 Å². The van der Waals surface area contributed by atoms with Gasteiger partial charge in [-0.05, 0) is 54.4 Å². The van der Waals surface area contributed by atoms with Crippen molar-refractivity contribution >= 4 is 28.4 Å². The maximum absolute atomic E-state index is 5.22. The van der Waals surface area contributed by atoms with Crippen molar-refractivity contribution in [3.05, 3.63) is 83.9 Å². The number of hydrogen-bond acceptors (Lipinski definition) is 5. The Hall–Kier alpha value is -3.60. The van der Waals surface area contributed by atoms with Crippen LogP contribution in [-0.2, 0) is 6.54 Å². The maximum Gasteiger partial charge on any atom is 0.229 e. The van der Waals surface area contributed by atoms with Gasteiger partial charge in [-0.2, -0.15) is 4.98 Å². The molecule has 3 aromatic carbocycles. The molecule has 28 heavy (non-hydrogen) atoms. The topological polar surface area (TPSA) is 59.1 Å². The molecular weight excluding hydrogens is 348 g/mol. The predicted octanol–water partition coefficient (Wildman–Crippen LogP) is 5.30. The van der Waals surface area contributed by atoms with Crippen LogP contribution >= 0.6 is 0 Å². The lowest BCUT2D eigenvalue weighted by molar-refractivity contribution is 0.414. The summed E-state index contributed by atoms with van der Waals surface area (Å²) in [5.41, 5.74) is 4.20. The van der Waals surface area contributed by atoms with Crippen LogP contribution in [0.2, 0.25) is 0 Å². The Morgan fingerprint density at radius 2 is 1.71 bits per heavy atom. The van der Waals surface area contributed by atoms with E-state index in [0.717, 1.165) is 33.7 Å². The zero-order valence-electron chi connectivity index (χ0n) is 15.9. The van der Waals surface area contributed by atoms with Gasteiger partial charge in [0, 0.05) is 17.6 Å². The van der Waals surface area contributed by atoms with E-state index in [4.69, 9.17) is 9.72 Å². The average molecular weight is 370 g/mol. The van der Waals surface area contributed by atoms with Crippen molar-refractivity contribution in [1.29, 1.82) is 0 Å². The van der Waals surface area contributed by atoms with E-state index in [1.54, 1.807) is 7.11 Å². The van der Waals surface area contributed by atoms with Gasteiger partial charge >= 0.3 is 0 Å². The standard InChI is InChI=1S/C23H22N4O/c1-16-6-5-7-18(14-16)25-23-26-21-9-4-3-8-20(21)22(27-23)24-15-17-10-12-19(28-2)13-11-17/h3-14H,15H2,1-2H3,(H2,24,25,26,27). The fourth-order valence-electron chi connectivity index (χ4n) is 3.05. The van der Waals surface area contributed by atoms with Gasteiger partial charge in [0.2, 0.25) is 5.95 Å². The van der Waals surface area contributed by atoms with Crippen molar-refractivity contribution in [2.75, 3.05) is 17.7 Å². The fourth-order valence-corrected chi connectivity index (χ4v) is 3.05. The molecule has 0 saturated carbocycles. The highest BCUT2D eigenvalue weighted by atomic mass is 16.5. The van der Waals surface area contributed by atoms with Crippen molar-refractivity contribution in [2.45, 2.75) is 13.5 Å². The highest BCUT2D eigenvalue weighted by Gasteiger charge is 2.08. The largest absolute Gasteiger partial charge is 0.497 e. The van der Waals surface area contributed by atoms with Crippen LogP contribution in [0, 0.1) is 6.92 Å². The number of nitrogens with one attached hydrogen (secondary N) is 2. The summed E-state index contributed by atoms with van der Waals surface area (Å²) in [6, 6.07) is 24.2. The zero-order chi connectivity index (χ0) is 19.3. The van der Waals surface area contributed by atoms with Gasteiger partial charge in [-0.3, -0.25) is 0 Å². The second-order valence-electron chi connectivity index (χ2n) is 6.61. The van der Waals surface area contributed by atoms with Crippen molar-refractivity contribution in [3.63, 3.8) is 0 Å². The first-order valence-corrected chi connectivity index (χ1v) is 9.18. The summed E-state index contributed by atoms with van der Waals surface area (Å²) in [6.07, 6.45) is 0. The third-order valence-corrected chi connectivity index (χ3v) is 4.50. The van der Waals surface area contributed by atoms with E-state index < -0.39 is 0 Å². The van der Waals surface area contributed by atoms with Gasteiger partial charge in [0.25, 0.3) is 0 Å². The van der Waals surface area contributed by atoms with Crippen LogP contribution in [0.4, 0.5) is 17.5 Å². The van der Waals surface area contributed by atoms with Gasteiger partial charge in [0.1, 0.15) is 11.6 Å². The number of nitrogens with zero attached hydrogens (tertiary/aromatic N) is 2. The molecule has 4 aromatic rings. The van der Waals surface area contributed by atoms with Gasteiger partial charge in [0.15, 0.2) is 0 Å². The molecule has 0 bridgehead atoms. The van der Waals surface area contributed by atoms with Crippen molar-refractivity contribution in [2.24, 2.45) is 0 Å². The van der Waals surface area contributed by atoms with E-state index in [1.165, 1.54) is 5.56 Å². The molecule has 0 saturated heterocycles. The quantitative estimate of drug-likeness (QED) is 0.482. The number of fused-ring (bicyclic) bond motifs is 1. The molecule has 0 unspecified atom stereocenters. The van der Waals surface area contributed by atoms with Crippen LogP contribution in [0.3, 0.4) is 0 Å². The number of aromatic nitrogens is 2. The molecule has 0 radical (unpaired) electrons. The van der Waals surface area contributed by atoms with E-state index in [-0.39, 0.29) is 0 Å². The van der Waals surface area contributed by atoms with Crippen LogP contribution in [0.1, 0.15) is 11.1 Å². The molecule has 0 aliphatic carbocycles. The minimum Gasteiger partial charge on any atom is -0.497 e. The number of para-hydroxylation sites is 1. The van der Waals surface area contributed by atoms with Gasteiger partial charge in [0.05, 0.1) is 12.6 Å². The Kier molecular flexibility index (Phi) is 5.06. The Labute approximate surface area is 164 Å². The lowest BCUT2D eigenvalue weighted by Crippen LogP contribution is -2.05. The van der Waals surface area contributed by atoms with E-state index >= 15 is 0 Å². The Morgan fingerprint density at radius 3 is 2.50 bits per heavy atom. The molecule has 4 rings (SSSR count). The summed E-state index contributed by atoms with van der Waals surface area (Å²) in [5.74, 6) is 2.22. The molecule has 0 spiro atoms. The lowest BCUT2D eigenvalue weighted by Gasteiger charge is -2.12. The van der Waals surface area contributed by atoms with Crippen LogP contribution in [0.5, 0.6) is 5.75 Å². The number of aryl methyl sites for hydroxylation is 1. The predicted molar refractivity (Wildman–Crippen MR) is 114 cm³/mol. The number of ether oxygens (including phenoxy) is 1. The average Bonchev–Trinajstić information content (AvgIpc) is 2.72. The smallest absolute Gasteiger partial charge is 0.229 e. The molecule has 0 aliphatic heterocycles. The van der Waals surface area contributed by atoms with E-state index in [1.807, 2.05) is 60.7 Å². The van der Waals surface area contributed by atoms with Crippen molar-refractivity contribution in [1.82, 2.24) is 9.97 Å². The first kappa shape index (κ1) is 17.8. The minimum atomic E-state index is 0.571. The molecule has 5 heteroatoms. The van der Waals surface area contributed by atoms with Gasteiger partial charge in [-0.15, -0.1) is 0 Å². The van der Waals surface area contributed by atoms with Crippen LogP contribution in [-0.4, -0.2) is 17.1 Å². The summed E-state index contributed by atoms with van der Waals surface area (Å²) in [7, 11) is 1.67. The third kappa shape index (κ3) is 4.04. The monoisotopic (exact) mass is 370 g/mol. The zero-order valence-corrected chi connectivity index (χ0v) is 15.9. The van der Waals surface area contributed by atoms with Crippen LogP contribution < -0.4 is 15.4 Å². The summed E-state index contributed by atoms with van der Waals surface area (Å²) >= 11 is 0. The Bertz CT molecular complexity index is 1090. The second kappa shape index (κ2) is 7.96. The van der Waals surface area contributed by atoms with Crippen LogP contribution in [0.25, 0.3) is 10.9 Å². The molecule has 0 fully saturated rings. The van der Waals surface area contributed by atoms with Crippen molar-refractivity contribution in [3.8, 4) is 5.75 Å². The number of methoxy groups -OCH3 is 1. The van der Waals surface area contributed by atoms with Crippen molar-refractivity contribution < 1.29 is 4.74 Å². The first-order valence-electron chi connectivity index (χ1n) is 9.18. The normalized spacial score (nSPS) is 10.6. The van der Waals surface area contributed by atoms with E-state index in [9.17, 15) is 0 Å². The number of rotatable bonds is 6. The highest BCUT2D eigenvalue weighted by molar-refractivity contribution is 5.90. The maximum atomic E-state index is 5.22. The minimum absolute atomic E-state index is 0.571. The molecule has 2 N–H and O–H groups in total. The Morgan fingerprint density at radius 1 is 0.893 bits per heavy atom. The van der Waals surface area contributed by atoms with Crippen LogP contribution in [0.15, 0.2) is 72.8 Å². The molecule has 1 heterocycles. The molecule has 1 aromatic heterocycles. The van der Waals surface area contributed by atoms with E-state index in [2.05, 4.69) is 34.7 Å². The third-order valence-electron chi connectivity index (χ3n) is 4.50. The summed E-state index contributed by atoms with van der Waals surface area (Å²) in [6.45, 7) is 2.73. The lowest BCUT2D eigenvalue weighted by atomic mass is 10.2. The van der Waals surface area contributed by atoms with Gasteiger partial charge in [-0.25, -0.2) is 4.98 Å². The summed E-state index contributed by atoms with van der Waals surface area (Å²) in [5, 5.41) is 7.75. The summed E-state index contributed by atoms with van der Waals surface area (Å²) < 4.78 is 5.22. The van der Waals surface area contributed by atoms with E-state index in [0.29, 0.717) is 12.5 Å². The molecule has 0 atom stereocenters.